The third-order valence-corrected chi connectivity index (χ3v) is 2.89. The summed E-state index contributed by atoms with van der Waals surface area (Å²) in [6.07, 6.45) is 0.354. The fraction of sp³-hybridized carbons (Fsp3) is 0.538. The molecule has 18 heavy (non-hydrogen) atoms. The zero-order chi connectivity index (χ0) is 13.5. The molecular weight excluding hydrogens is 240 g/mol. The molecule has 0 amide bonds. The normalized spacial score (nSPS) is 14.5. The molecule has 0 aliphatic rings. The van der Waals surface area contributed by atoms with E-state index in [0.29, 0.717) is 6.42 Å². The molecule has 0 saturated carbocycles. The maximum Gasteiger partial charge on any atom is 0.131 e. The molecule has 1 aromatic carbocycles. The lowest BCUT2D eigenvalue weighted by Gasteiger charge is -2.19. The first-order valence-corrected chi connectivity index (χ1v) is 6.05. The molecule has 0 radical (unpaired) electrons. The average molecular weight is 259 g/mol. The molecule has 1 rings (SSSR count). The van der Waals surface area contributed by atoms with E-state index in [1.54, 1.807) is 0 Å². The lowest BCUT2D eigenvalue weighted by Crippen LogP contribution is -2.33. The Kier molecular flexibility index (Phi) is 6.18. The van der Waals surface area contributed by atoms with Crippen LogP contribution in [0.1, 0.15) is 31.4 Å². The average Bonchev–Trinajstić information content (AvgIpc) is 2.34. The van der Waals surface area contributed by atoms with Crippen LogP contribution in [0.2, 0.25) is 0 Å². The smallest absolute Gasteiger partial charge is 0.131 e. The van der Waals surface area contributed by atoms with Crippen LogP contribution in [0.4, 0.5) is 8.78 Å². The fourth-order valence-corrected chi connectivity index (χ4v) is 1.77. The van der Waals surface area contributed by atoms with Crippen LogP contribution in [0, 0.1) is 11.6 Å². The number of hydrogen-bond acceptors (Lipinski definition) is 3. The Balaban J connectivity index is 2.56. The Morgan fingerprint density at radius 3 is 2.61 bits per heavy atom. The predicted molar refractivity (Wildman–Crippen MR) is 65.1 cm³/mol. The van der Waals surface area contributed by atoms with Gasteiger partial charge in [0.1, 0.15) is 11.6 Å². The van der Waals surface area contributed by atoms with E-state index < -0.39 is 17.7 Å². The predicted octanol–water partition coefficient (Wildman–Crippen LogP) is 1.75. The Morgan fingerprint density at radius 1 is 1.33 bits per heavy atom. The van der Waals surface area contributed by atoms with Gasteiger partial charge in [-0.15, -0.1) is 0 Å². The molecule has 0 saturated heterocycles. The van der Waals surface area contributed by atoms with Crippen LogP contribution < -0.4 is 5.32 Å². The first kappa shape index (κ1) is 15.0. The lowest BCUT2D eigenvalue weighted by molar-refractivity contribution is 0.160. The third-order valence-electron chi connectivity index (χ3n) is 2.89. The number of hydrogen-bond donors (Lipinski definition) is 3. The number of halogens is 2. The van der Waals surface area contributed by atoms with Gasteiger partial charge < -0.3 is 15.5 Å². The number of aliphatic hydroxyl groups excluding tert-OH is 2. The van der Waals surface area contributed by atoms with Gasteiger partial charge in [-0.25, -0.2) is 8.78 Å². The van der Waals surface area contributed by atoms with Gasteiger partial charge in [-0.05, 0) is 18.9 Å². The van der Waals surface area contributed by atoms with Crippen molar-refractivity contribution in [3.63, 3.8) is 0 Å². The minimum absolute atomic E-state index is 0.0620. The minimum atomic E-state index is -1.03. The van der Waals surface area contributed by atoms with E-state index in [-0.39, 0.29) is 24.8 Å². The summed E-state index contributed by atoms with van der Waals surface area (Å²) in [4.78, 5) is 0. The highest BCUT2D eigenvalue weighted by molar-refractivity contribution is 5.21. The van der Waals surface area contributed by atoms with Crippen molar-refractivity contribution in [2.45, 2.75) is 31.9 Å². The summed E-state index contributed by atoms with van der Waals surface area (Å²) in [5, 5.41) is 21.7. The van der Waals surface area contributed by atoms with Crippen molar-refractivity contribution in [2.75, 3.05) is 13.2 Å². The fourth-order valence-electron chi connectivity index (χ4n) is 1.77. The quantitative estimate of drug-likeness (QED) is 0.699. The van der Waals surface area contributed by atoms with Gasteiger partial charge in [0.15, 0.2) is 0 Å². The molecule has 0 spiro atoms. The van der Waals surface area contributed by atoms with E-state index in [2.05, 4.69) is 5.32 Å². The number of rotatable bonds is 7. The van der Waals surface area contributed by atoms with Crippen LogP contribution in [0.5, 0.6) is 0 Å². The number of benzene rings is 1. The molecular formula is C13H19F2NO2. The molecule has 5 heteroatoms. The first-order chi connectivity index (χ1) is 8.58. The second-order valence-electron chi connectivity index (χ2n) is 4.21. The maximum atomic E-state index is 13.4. The van der Waals surface area contributed by atoms with Crippen molar-refractivity contribution in [2.24, 2.45) is 0 Å². The van der Waals surface area contributed by atoms with Crippen LogP contribution in [0.25, 0.3) is 0 Å². The molecule has 0 bridgehead atoms. The van der Waals surface area contributed by atoms with Crippen molar-refractivity contribution in [3.8, 4) is 0 Å². The highest BCUT2D eigenvalue weighted by Crippen LogP contribution is 2.17. The Morgan fingerprint density at radius 2 is 2.06 bits per heavy atom. The Bertz CT molecular complexity index is 374. The van der Waals surface area contributed by atoms with Crippen molar-refractivity contribution in [1.29, 1.82) is 0 Å². The topological polar surface area (TPSA) is 52.5 Å². The van der Waals surface area contributed by atoms with Crippen LogP contribution in [0.3, 0.4) is 0 Å². The summed E-state index contributed by atoms with van der Waals surface area (Å²) < 4.78 is 26.1. The molecule has 3 nitrogen and oxygen atoms in total. The zero-order valence-electron chi connectivity index (χ0n) is 10.4. The maximum absolute atomic E-state index is 13.4. The Hall–Kier alpha value is -1.04. The van der Waals surface area contributed by atoms with Gasteiger partial charge in [0, 0.05) is 30.8 Å². The minimum Gasteiger partial charge on any atom is -0.396 e. The van der Waals surface area contributed by atoms with Gasteiger partial charge in [0.25, 0.3) is 0 Å². The van der Waals surface area contributed by atoms with Gasteiger partial charge in [-0.2, -0.15) is 0 Å². The molecule has 3 N–H and O–H groups in total. The molecule has 102 valence electrons. The second-order valence-corrected chi connectivity index (χ2v) is 4.21. The molecule has 1 aromatic rings. The molecule has 0 aliphatic heterocycles. The molecule has 2 unspecified atom stereocenters. The third kappa shape index (κ3) is 4.33. The largest absolute Gasteiger partial charge is 0.396 e. The van der Waals surface area contributed by atoms with Gasteiger partial charge >= 0.3 is 0 Å². The molecule has 2 atom stereocenters. The van der Waals surface area contributed by atoms with Crippen LogP contribution >= 0.6 is 0 Å². The van der Waals surface area contributed by atoms with Crippen LogP contribution in [0.15, 0.2) is 18.2 Å². The second kappa shape index (κ2) is 7.41. The Labute approximate surface area is 105 Å². The molecule has 0 aliphatic carbocycles. The molecule has 0 aromatic heterocycles. The van der Waals surface area contributed by atoms with Gasteiger partial charge in [-0.3, -0.25) is 0 Å². The SMILES string of the molecule is CCC(CCO)NCC(O)c1ccc(F)cc1F. The number of nitrogens with one attached hydrogen (secondary N) is 1. The van der Waals surface area contributed by atoms with Crippen molar-refractivity contribution < 1.29 is 19.0 Å². The van der Waals surface area contributed by atoms with E-state index >= 15 is 0 Å². The van der Waals surface area contributed by atoms with Crippen molar-refractivity contribution >= 4 is 0 Å². The highest BCUT2D eigenvalue weighted by atomic mass is 19.1. The van der Waals surface area contributed by atoms with Crippen LogP contribution in [-0.2, 0) is 0 Å². The summed E-state index contributed by atoms with van der Waals surface area (Å²) in [7, 11) is 0. The first-order valence-electron chi connectivity index (χ1n) is 6.05. The van der Waals surface area contributed by atoms with Gasteiger partial charge in [-0.1, -0.05) is 13.0 Å². The van der Waals surface area contributed by atoms with E-state index in [1.165, 1.54) is 6.07 Å². The molecule has 0 heterocycles. The van der Waals surface area contributed by atoms with E-state index in [1.807, 2.05) is 6.92 Å². The van der Waals surface area contributed by atoms with Gasteiger partial charge in [0.05, 0.1) is 6.10 Å². The summed E-state index contributed by atoms with van der Waals surface area (Å²) in [6.45, 7) is 2.19. The zero-order valence-corrected chi connectivity index (χ0v) is 10.4. The highest BCUT2D eigenvalue weighted by Gasteiger charge is 2.15. The van der Waals surface area contributed by atoms with E-state index in [0.717, 1.165) is 18.6 Å². The van der Waals surface area contributed by atoms with Crippen LogP contribution in [-0.4, -0.2) is 29.4 Å². The monoisotopic (exact) mass is 259 g/mol. The summed E-state index contributed by atoms with van der Waals surface area (Å²) in [6, 6.07) is 3.19. The van der Waals surface area contributed by atoms with Gasteiger partial charge in [0.2, 0.25) is 0 Å². The summed E-state index contributed by atoms with van der Waals surface area (Å²) in [5.74, 6) is -1.41. The molecule has 0 fully saturated rings. The summed E-state index contributed by atoms with van der Waals surface area (Å²) >= 11 is 0. The number of aliphatic hydroxyl groups is 2. The lowest BCUT2D eigenvalue weighted by atomic mass is 10.1. The van der Waals surface area contributed by atoms with Crippen molar-refractivity contribution in [1.82, 2.24) is 5.32 Å². The van der Waals surface area contributed by atoms with E-state index in [4.69, 9.17) is 5.11 Å². The van der Waals surface area contributed by atoms with E-state index in [9.17, 15) is 13.9 Å². The standard InChI is InChI=1S/C13H19F2NO2/c1-2-10(5-6-17)16-8-13(18)11-4-3-9(14)7-12(11)15/h3-4,7,10,13,16-18H,2,5-6,8H2,1H3. The summed E-state index contributed by atoms with van der Waals surface area (Å²) in [5.41, 5.74) is 0.0720. The van der Waals surface area contributed by atoms with Crippen molar-refractivity contribution in [3.05, 3.63) is 35.4 Å².